The van der Waals surface area contributed by atoms with Crippen LogP contribution in [0.1, 0.15) is 50.5 Å². The summed E-state index contributed by atoms with van der Waals surface area (Å²) in [7, 11) is -2.51. The first-order chi connectivity index (χ1) is 14.0. The molecule has 10 heteroatoms. The van der Waals surface area contributed by atoms with Gasteiger partial charge in [-0.2, -0.15) is 9.78 Å². The minimum absolute atomic E-state index is 0.0327. The second kappa shape index (κ2) is 7.84. The molecule has 0 radical (unpaired) electrons. The molecule has 1 aliphatic heterocycles. The van der Waals surface area contributed by atoms with E-state index in [0.717, 1.165) is 0 Å². The van der Waals surface area contributed by atoms with Crippen molar-refractivity contribution in [2.45, 2.75) is 57.4 Å². The number of aromatic nitrogens is 2. The molecule has 1 amide bonds. The Labute approximate surface area is 175 Å². The number of hydrogen-bond acceptors (Lipinski definition) is 6. The van der Waals surface area contributed by atoms with E-state index in [2.05, 4.69) is 15.1 Å². The molecule has 0 saturated heterocycles. The summed E-state index contributed by atoms with van der Waals surface area (Å²) in [6, 6.07) is 4.70. The summed E-state index contributed by atoms with van der Waals surface area (Å²) in [4.78, 5) is 24.4. The van der Waals surface area contributed by atoms with E-state index in [4.69, 9.17) is 4.74 Å². The predicted octanol–water partition coefficient (Wildman–Crippen LogP) is 2.71. The van der Waals surface area contributed by atoms with Crippen LogP contribution in [0.5, 0.6) is 5.75 Å². The molecule has 0 bridgehead atoms. The minimum Gasteiger partial charge on any atom is -0.495 e. The van der Waals surface area contributed by atoms with Crippen LogP contribution in [-0.4, -0.2) is 42.7 Å². The Balaban J connectivity index is 2.18. The van der Waals surface area contributed by atoms with Gasteiger partial charge < -0.3 is 10.1 Å². The lowest BCUT2D eigenvalue weighted by Gasteiger charge is -2.25. The smallest absolute Gasteiger partial charge is 0.249 e. The van der Waals surface area contributed by atoms with E-state index in [1.807, 2.05) is 6.92 Å². The van der Waals surface area contributed by atoms with Gasteiger partial charge in [0.25, 0.3) is 0 Å². The highest BCUT2D eigenvalue weighted by atomic mass is 32.2. The number of nitrogens with zero attached hydrogens (tertiary/aromatic N) is 2. The zero-order chi connectivity index (χ0) is 22.3. The maximum Gasteiger partial charge on any atom is 0.249 e. The Hall–Kier alpha value is -2.72. The number of aryl methyl sites for hydroxylation is 1. The molecule has 30 heavy (non-hydrogen) atoms. The van der Waals surface area contributed by atoms with Crippen molar-refractivity contribution in [3.8, 4) is 16.9 Å². The lowest BCUT2D eigenvalue weighted by molar-refractivity contribution is -0.116. The van der Waals surface area contributed by atoms with Gasteiger partial charge in [-0.1, -0.05) is 13.0 Å². The van der Waals surface area contributed by atoms with Crippen molar-refractivity contribution >= 4 is 27.7 Å². The normalized spacial score (nSPS) is 14.8. The van der Waals surface area contributed by atoms with Crippen LogP contribution in [0.15, 0.2) is 23.1 Å². The predicted molar refractivity (Wildman–Crippen MR) is 112 cm³/mol. The highest BCUT2D eigenvalue weighted by molar-refractivity contribution is 7.89. The van der Waals surface area contributed by atoms with Crippen LogP contribution in [-0.2, 0) is 14.8 Å². The molecular formula is C20H26N4O5S. The summed E-state index contributed by atoms with van der Waals surface area (Å²) in [5.41, 5.74) is 0.841. The van der Waals surface area contributed by atoms with Crippen LogP contribution in [0.2, 0.25) is 0 Å². The average molecular weight is 435 g/mol. The highest BCUT2D eigenvalue weighted by Gasteiger charge is 2.30. The first kappa shape index (κ1) is 22.0. The van der Waals surface area contributed by atoms with Crippen LogP contribution < -0.4 is 14.8 Å². The molecule has 3 rings (SSSR count). The van der Waals surface area contributed by atoms with E-state index in [1.54, 1.807) is 32.9 Å². The number of anilines is 1. The van der Waals surface area contributed by atoms with Gasteiger partial charge in [0, 0.05) is 23.9 Å². The first-order valence-corrected chi connectivity index (χ1v) is 11.1. The Morgan fingerprint density at radius 2 is 1.97 bits per heavy atom. The number of sulfonamides is 1. The summed E-state index contributed by atoms with van der Waals surface area (Å²) < 4.78 is 35.4. The highest BCUT2D eigenvalue weighted by Crippen LogP contribution is 2.37. The number of hydrogen-bond donors (Lipinski definition) is 2. The van der Waals surface area contributed by atoms with E-state index in [0.29, 0.717) is 23.2 Å². The number of benzene rings is 1. The standard InChI is InChI=1S/C20H26N4O5S/c1-6-20(3,4)23-30(27,28)15-11-13(7-8-14(15)29-5)18-12(2)22-24-17(26)10-9-16(25)21-19(18)24/h7-8,11,23H,6,9-10H2,1-5H3,(H,21,25). The molecule has 1 aliphatic rings. The zero-order valence-electron chi connectivity index (χ0n) is 17.7. The van der Waals surface area contributed by atoms with Crippen molar-refractivity contribution in [1.82, 2.24) is 14.5 Å². The van der Waals surface area contributed by atoms with Crippen LogP contribution in [0.25, 0.3) is 11.1 Å². The number of amides is 1. The topological polar surface area (TPSA) is 119 Å². The number of methoxy groups -OCH3 is 1. The lowest BCUT2D eigenvalue weighted by Crippen LogP contribution is -2.42. The van der Waals surface area contributed by atoms with Crippen molar-refractivity contribution in [3.05, 3.63) is 23.9 Å². The van der Waals surface area contributed by atoms with Gasteiger partial charge in [0.05, 0.1) is 12.8 Å². The molecule has 1 aromatic heterocycles. The maximum absolute atomic E-state index is 13.1. The van der Waals surface area contributed by atoms with E-state index in [9.17, 15) is 18.0 Å². The van der Waals surface area contributed by atoms with Crippen molar-refractivity contribution < 1.29 is 22.7 Å². The van der Waals surface area contributed by atoms with Crippen molar-refractivity contribution in [2.24, 2.45) is 0 Å². The number of rotatable bonds is 6. The largest absolute Gasteiger partial charge is 0.495 e. The molecule has 2 aromatic rings. The Morgan fingerprint density at radius 3 is 2.60 bits per heavy atom. The summed E-state index contributed by atoms with van der Waals surface area (Å²) in [5.74, 6) is -0.161. The molecule has 2 N–H and O–H groups in total. The molecule has 1 aromatic carbocycles. The first-order valence-electron chi connectivity index (χ1n) is 9.64. The van der Waals surface area contributed by atoms with E-state index in [1.165, 1.54) is 17.9 Å². The van der Waals surface area contributed by atoms with Gasteiger partial charge in [-0.25, -0.2) is 13.1 Å². The Kier molecular flexibility index (Phi) is 5.74. The zero-order valence-corrected chi connectivity index (χ0v) is 18.5. The number of nitrogens with one attached hydrogen (secondary N) is 2. The number of carbonyl (C=O) groups excluding carboxylic acids is 2. The van der Waals surface area contributed by atoms with Gasteiger partial charge >= 0.3 is 0 Å². The minimum atomic E-state index is -3.91. The van der Waals surface area contributed by atoms with Crippen molar-refractivity contribution in [2.75, 3.05) is 12.4 Å². The molecule has 0 atom stereocenters. The fraction of sp³-hybridized carbons (Fsp3) is 0.450. The monoisotopic (exact) mass is 434 g/mol. The average Bonchev–Trinajstić information content (AvgIpc) is 2.93. The SMILES string of the molecule is CCC(C)(C)NS(=O)(=O)c1cc(-c2c(C)nn3c2NC(=O)CCC3=O)ccc1OC. The third kappa shape index (κ3) is 4.10. The Bertz CT molecular complexity index is 1120. The van der Waals surface area contributed by atoms with Crippen LogP contribution in [0.3, 0.4) is 0 Å². The molecule has 0 fully saturated rings. The molecule has 0 saturated carbocycles. The third-order valence-corrected chi connectivity index (χ3v) is 6.88. The quantitative estimate of drug-likeness (QED) is 0.721. The van der Waals surface area contributed by atoms with Gasteiger partial charge in [-0.15, -0.1) is 0 Å². The van der Waals surface area contributed by atoms with Gasteiger partial charge in [0.2, 0.25) is 21.8 Å². The van der Waals surface area contributed by atoms with E-state index < -0.39 is 15.6 Å². The molecule has 2 heterocycles. The summed E-state index contributed by atoms with van der Waals surface area (Å²) >= 11 is 0. The molecule has 0 unspecified atom stereocenters. The fourth-order valence-electron chi connectivity index (χ4n) is 3.22. The second-order valence-electron chi connectivity index (χ2n) is 7.87. The van der Waals surface area contributed by atoms with Crippen molar-refractivity contribution in [3.63, 3.8) is 0 Å². The molecule has 162 valence electrons. The van der Waals surface area contributed by atoms with Gasteiger partial charge in [0.1, 0.15) is 16.5 Å². The second-order valence-corrected chi connectivity index (χ2v) is 9.52. The molecule has 0 spiro atoms. The maximum atomic E-state index is 13.1. The van der Waals surface area contributed by atoms with Gasteiger partial charge in [-0.3, -0.25) is 9.59 Å². The van der Waals surface area contributed by atoms with Crippen LogP contribution in [0, 0.1) is 6.92 Å². The Morgan fingerprint density at radius 1 is 1.27 bits per heavy atom. The summed E-state index contributed by atoms with van der Waals surface area (Å²) in [6.45, 7) is 7.18. The van der Waals surface area contributed by atoms with Crippen molar-refractivity contribution in [1.29, 1.82) is 0 Å². The molecular weight excluding hydrogens is 408 g/mol. The number of fused-ring (bicyclic) bond motifs is 1. The number of ether oxygens (including phenoxy) is 1. The van der Waals surface area contributed by atoms with Gasteiger partial charge in [0.15, 0.2) is 0 Å². The van der Waals surface area contributed by atoms with E-state index >= 15 is 0 Å². The number of carbonyl (C=O) groups is 2. The summed E-state index contributed by atoms with van der Waals surface area (Å²) in [5, 5.41) is 6.99. The fourth-order valence-corrected chi connectivity index (χ4v) is 4.90. The lowest BCUT2D eigenvalue weighted by atomic mass is 10.0. The van der Waals surface area contributed by atoms with Crippen LogP contribution >= 0.6 is 0 Å². The molecule has 0 aliphatic carbocycles. The van der Waals surface area contributed by atoms with E-state index in [-0.39, 0.29) is 41.1 Å². The van der Waals surface area contributed by atoms with Crippen LogP contribution in [0.4, 0.5) is 5.82 Å². The third-order valence-electron chi connectivity index (χ3n) is 5.16. The summed E-state index contributed by atoms with van der Waals surface area (Å²) in [6.07, 6.45) is 0.717. The molecule has 9 nitrogen and oxygen atoms in total. The van der Waals surface area contributed by atoms with Gasteiger partial charge in [-0.05, 0) is 44.9 Å².